The lowest BCUT2D eigenvalue weighted by atomic mass is 10.1. The predicted octanol–water partition coefficient (Wildman–Crippen LogP) is 2.95. The number of nitrogens with zero attached hydrogens (tertiary/aromatic N) is 4. The number of para-hydroxylation sites is 1. The number of piperazine rings is 1. The number of benzene rings is 2. The van der Waals surface area contributed by atoms with E-state index in [1.165, 1.54) is 4.57 Å². The number of hydrogen-bond acceptors (Lipinski definition) is 7. The molecule has 32 heavy (non-hydrogen) atoms. The Hall–Kier alpha value is -3.46. The summed E-state index contributed by atoms with van der Waals surface area (Å²) in [7, 11) is 1.65. The van der Waals surface area contributed by atoms with Crippen LogP contribution in [0, 0.1) is 4.77 Å². The van der Waals surface area contributed by atoms with Gasteiger partial charge in [0.05, 0.1) is 19.0 Å². The largest absolute Gasteiger partial charge is 0.497 e. The molecule has 0 bridgehead atoms. The van der Waals surface area contributed by atoms with E-state index in [2.05, 4.69) is 15.2 Å². The van der Waals surface area contributed by atoms with Gasteiger partial charge in [0, 0.05) is 43.3 Å². The zero-order chi connectivity index (χ0) is 22.2. The zero-order valence-corrected chi connectivity index (χ0v) is 18.5. The second-order valence-corrected chi connectivity index (χ2v) is 8.27. The summed E-state index contributed by atoms with van der Waals surface area (Å²) in [6.45, 7) is 2.66. The molecule has 1 amide bonds. The molecule has 2 aromatic carbocycles. The van der Waals surface area contributed by atoms with Gasteiger partial charge in [0.25, 0.3) is 5.91 Å². The van der Waals surface area contributed by atoms with E-state index in [-0.39, 0.29) is 23.0 Å². The monoisotopic (exact) mass is 449 g/mol. The summed E-state index contributed by atoms with van der Waals surface area (Å²) in [4.78, 5) is 34.4. The van der Waals surface area contributed by atoms with Crippen LogP contribution < -0.4 is 15.0 Å². The van der Waals surface area contributed by atoms with Crippen LogP contribution in [0.5, 0.6) is 5.75 Å². The molecule has 0 saturated carbocycles. The van der Waals surface area contributed by atoms with Crippen molar-refractivity contribution < 1.29 is 14.3 Å². The van der Waals surface area contributed by atoms with Crippen molar-refractivity contribution in [2.24, 2.45) is 0 Å². The Bertz CT molecular complexity index is 1270. The van der Waals surface area contributed by atoms with Gasteiger partial charge in [0.2, 0.25) is 10.7 Å². The lowest BCUT2D eigenvalue weighted by molar-refractivity contribution is -0.131. The number of rotatable bonds is 4. The molecule has 0 unspecified atom stereocenters. The van der Waals surface area contributed by atoms with Gasteiger partial charge in [-0.15, -0.1) is 0 Å². The summed E-state index contributed by atoms with van der Waals surface area (Å²) in [5, 5.41) is 4.04. The minimum atomic E-state index is -0.645. The quantitative estimate of drug-likeness (QED) is 0.614. The highest BCUT2D eigenvalue weighted by atomic mass is 32.1. The Morgan fingerprint density at radius 1 is 1.16 bits per heavy atom. The molecule has 3 heterocycles. The molecular weight excluding hydrogens is 426 g/mol. The van der Waals surface area contributed by atoms with Crippen LogP contribution in [-0.4, -0.2) is 65.6 Å². The molecule has 8 nitrogen and oxygen atoms in total. The van der Waals surface area contributed by atoms with Gasteiger partial charge in [0.1, 0.15) is 17.6 Å². The van der Waals surface area contributed by atoms with Crippen LogP contribution in [-0.2, 0) is 4.79 Å². The molecule has 5 rings (SSSR count). The van der Waals surface area contributed by atoms with Crippen molar-refractivity contribution in [3.63, 3.8) is 0 Å². The van der Waals surface area contributed by atoms with E-state index in [1.807, 2.05) is 53.4 Å². The maximum Gasteiger partial charge on any atom is 0.257 e. The molecule has 1 saturated heterocycles. The highest BCUT2D eigenvalue weighted by Gasteiger charge is 2.35. The van der Waals surface area contributed by atoms with Crippen LogP contribution in [0.1, 0.15) is 11.2 Å². The maximum atomic E-state index is 13.0. The molecule has 1 fully saturated rings. The Morgan fingerprint density at radius 3 is 2.72 bits per heavy atom. The van der Waals surface area contributed by atoms with E-state index in [4.69, 9.17) is 17.0 Å². The van der Waals surface area contributed by atoms with E-state index < -0.39 is 6.04 Å². The van der Waals surface area contributed by atoms with Crippen molar-refractivity contribution >= 4 is 46.4 Å². The van der Waals surface area contributed by atoms with Crippen molar-refractivity contribution in [2.45, 2.75) is 12.5 Å². The number of hydrogen-bond donors (Lipinski definition) is 1. The Labute approximate surface area is 190 Å². The molecule has 0 aliphatic carbocycles. The van der Waals surface area contributed by atoms with Crippen LogP contribution in [0.4, 0.5) is 11.5 Å². The molecule has 1 aromatic heterocycles. The first-order valence-corrected chi connectivity index (χ1v) is 11.0. The van der Waals surface area contributed by atoms with Crippen LogP contribution in [0.3, 0.4) is 0 Å². The molecule has 3 aromatic rings. The molecule has 2 aliphatic heterocycles. The van der Waals surface area contributed by atoms with Crippen LogP contribution >= 0.6 is 12.2 Å². The third-order valence-corrected chi connectivity index (χ3v) is 6.32. The molecule has 0 spiro atoms. The van der Waals surface area contributed by atoms with Crippen LogP contribution in [0.2, 0.25) is 0 Å². The van der Waals surface area contributed by atoms with Crippen molar-refractivity contribution in [3.05, 3.63) is 53.3 Å². The molecule has 9 heteroatoms. The molecule has 1 N–H and O–H groups in total. The minimum Gasteiger partial charge on any atom is -0.497 e. The van der Waals surface area contributed by atoms with E-state index >= 15 is 0 Å². The Morgan fingerprint density at radius 2 is 1.94 bits per heavy atom. The molecular formula is C23H23N5O3S. The van der Waals surface area contributed by atoms with E-state index in [0.29, 0.717) is 18.9 Å². The molecule has 164 valence electrons. The minimum absolute atomic E-state index is 0.0438. The number of fused-ring (bicyclic) bond motifs is 3. The SMILES string of the molecule is COc1cccc(N2CCN(C(=O)C[C@@H]3Nc4c5ccccc5nc(=S)n4C3=O)CC2)c1. The molecule has 1 atom stereocenters. The number of aromatic nitrogens is 2. The lowest BCUT2D eigenvalue weighted by Gasteiger charge is -2.36. The average Bonchev–Trinajstić information content (AvgIpc) is 3.16. The fourth-order valence-electron chi connectivity index (χ4n) is 4.33. The second kappa shape index (κ2) is 8.23. The van der Waals surface area contributed by atoms with Crippen molar-refractivity contribution in [1.29, 1.82) is 0 Å². The second-order valence-electron chi connectivity index (χ2n) is 7.90. The van der Waals surface area contributed by atoms with Crippen molar-refractivity contribution in [2.75, 3.05) is 43.5 Å². The summed E-state index contributed by atoms with van der Waals surface area (Å²) < 4.78 is 6.93. The van der Waals surface area contributed by atoms with Crippen molar-refractivity contribution in [1.82, 2.24) is 14.5 Å². The number of carbonyl (C=O) groups is 2. The number of nitrogens with one attached hydrogen (secondary N) is 1. The van der Waals surface area contributed by atoms with Gasteiger partial charge in [-0.3, -0.25) is 9.59 Å². The van der Waals surface area contributed by atoms with Gasteiger partial charge in [-0.1, -0.05) is 18.2 Å². The van der Waals surface area contributed by atoms with Gasteiger partial charge < -0.3 is 19.9 Å². The summed E-state index contributed by atoms with van der Waals surface area (Å²) in [5.41, 5.74) is 1.80. The smallest absolute Gasteiger partial charge is 0.257 e. The van der Waals surface area contributed by atoms with Gasteiger partial charge in [-0.05, 0) is 36.5 Å². The van der Waals surface area contributed by atoms with Gasteiger partial charge in [0.15, 0.2) is 0 Å². The first-order chi connectivity index (χ1) is 15.5. The number of anilines is 2. The third-order valence-electron chi connectivity index (χ3n) is 6.05. The third kappa shape index (κ3) is 3.58. The number of carbonyl (C=O) groups excluding carboxylic acids is 2. The Balaban J connectivity index is 1.26. The molecule has 2 aliphatic rings. The van der Waals surface area contributed by atoms with Gasteiger partial charge in [-0.25, -0.2) is 9.55 Å². The van der Waals surface area contributed by atoms with E-state index in [9.17, 15) is 9.59 Å². The summed E-state index contributed by atoms with van der Waals surface area (Å²) in [5.74, 6) is 1.16. The van der Waals surface area contributed by atoms with Gasteiger partial charge in [-0.2, -0.15) is 0 Å². The number of methoxy groups -OCH3 is 1. The fraction of sp³-hybridized carbons (Fsp3) is 0.304. The lowest BCUT2D eigenvalue weighted by Crippen LogP contribution is -2.50. The average molecular weight is 450 g/mol. The topological polar surface area (TPSA) is 79.7 Å². The standard InChI is InChI=1S/C23H23N5O3S/c1-31-16-6-4-5-15(13-16)26-9-11-27(12-10-26)20(29)14-19-22(30)28-21(24-19)17-7-2-3-8-18(17)25-23(28)32/h2-8,13,19,24H,9-12,14H2,1H3/t19-/m0/s1. The van der Waals surface area contributed by atoms with E-state index in [0.717, 1.165) is 35.4 Å². The fourth-order valence-corrected chi connectivity index (χ4v) is 4.61. The highest BCUT2D eigenvalue weighted by molar-refractivity contribution is 7.71. The predicted molar refractivity (Wildman–Crippen MR) is 125 cm³/mol. The highest BCUT2D eigenvalue weighted by Crippen LogP contribution is 2.29. The normalized spacial score (nSPS) is 17.9. The van der Waals surface area contributed by atoms with Crippen molar-refractivity contribution in [3.8, 4) is 5.75 Å². The maximum absolute atomic E-state index is 13.0. The van der Waals surface area contributed by atoms with E-state index in [1.54, 1.807) is 7.11 Å². The first kappa shape index (κ1) is 20.4. The Kier molecular flexibility index (Phi) is 5.26. The number of amides is 1. The van der Waals surface area contributed by atoms with Crippen LogP contribution in [0.25, 0.3) is 10.9 Å². The molecule has 0 radical (unpaired) electrons. The van der Waals surface area contributed by atoms with Crippen LogP contribution in [0.15, 0.2) is 48.5 Å². The summed E-state index contributed by atoms with van der Waals surface area (Å²) >= 11 is 5.33. The van der Waals surface area contributed by atoms with Gasteiger partial charge >= 0.3 is 0 Å². The zero-order valence-electron chi connectivity index (χ0n) is 17.7. The first-order valence-electron chi connectivity index (χ1n) is 10.5. The summed E-state index contributed by atoms with van der Waals surface area (Å²) in [6, 6.07) is 14.8. The number of ether oxygens (including phenoxy) is 1. The summed E-state index contributed by atoms with van der Waals surface area (Å²) in [6.07, 6.45) is 0.0861.